The van der Waals surface area contributed by atoms with Gasteiger partial charge in [0.15, 0.2) is 11.5 Å². The Hall–Kier alpha value is -5.61. The van der Waals surface area contributed by atoms with Gasteiger partial charge in [-0.1, -0.05) is 54.6 Å². The van der Waals surface area contributed by atoms with Crippen LogP contribution in [0.3, 0.4) is 0 Å². The van der Waals surface area contributed by atoms with Crippen LogP contribution in [-0.4, -0.2) is 19.8 Å². The van der Waals surface area contributed by atoms with Crippen molar-refractivity contribution in [3.8, 4) is 64.8 Å². The molecule has 9 heteroatoms. The van der Waals surface area contributed by atoms with Crippen LogP contribution in [0.5, 0.6) is 23.0 Å². The van der Waals surface area contributed by atoms with E-state index < -0.39 is 5.97 Å². The molecule has 3 aromatic heterocycles. The third kappa shape index (κ3) is 6.17. The molecule has 52 heavy (non-hydrogen) atoms. The quantitative estimate of drug-likeness (QED) is 0.159. The second-order valence-corrected chi connectivity index (χ2v) is 15.3. The zero-order valence-electron chi connectivity index (χ0n) is 28.8. The molecule has 0 bridgehead atoms. The standard InChI is InChI=1S/C43H32N2O4S3/c1-24-10-8-11-25(2)35(24)31-20-22-33(50-31)37-39-40(45-52-44-39)38(34-23-21-32(51-34)36-26(3)12-9-13-27(36)4)42(41(37)48-29-14-6-5-7-15-29)49-30-18-16-28(17-19-30)43(46)47/h5-23H,1-4H3,(H,46,47). The van der Waals surface area contributed by atoms with Crippen LogP contribution in [0.25, 0.3) is 52.8 Å². The van der Waals surface area contributed by atoms with Gasteiger partial charge in [-0.05, 0) is 122 Å². The molecule has 0 unspecified atom stereocenters. The second-order valence-electron chi connectivity index (χ2n) is 12.6. The number of hydrogen-bond donors (Lipinski definition) is 1. The lowest BCUT2D eigenvalue weighted by Crippen LogP contribution is -1.99. The molecule has 8 rings (SSSR count). The van der Waals surface area contributed by atoms with Crippen LogP contribution in [0.4, 0.5) is 0 Å². The first-order chi connectivity index (χ1) is 25.3. The maximum absolute atomic E-state index is 11.7. The highest BCUT2D eigenvalue weighted by atomic mass is 32.1. The number of carboxylic acids is 1. The molecule has 0 fully saturated rings. The summed E-state index contributed by atoms with van der Waals surface area (Å²) in [5, 5.41) is 9.61. The highest BCUT2D eigenvalue weighted by Gasteiger charge is 2.30. The zero-order chi connectivity index (χ0) is 35.9. The molecule has 0 saturated carbocycles. The normalized spacial score (nSPS) is 11.2. The van der Waals surface area contributed by atoms with Gasteiger partial charge in [-0.15, -0.1) is 22.7 Å². The number of para-hydroxylation sites is 1. The number of benzene rings is 5. The summed E-state index contributed by atoms with van der Waals surface area (Å²) in [5.41, 5.74) is 10.3. The number of hydrogen-bond acceptors (Lipinski definition) is 8. The number of carbonyl (C=O) groups is 1. The first kappa shape index (κ1) is 33.5. The second kappa shape index (κ2) is 13.8. The van der Waals surface area contributed by atoms with Gasteiger partial charge in [0.1, 0.15) is 22.5 Å². The molecule has 0 aliphatic carbocycles. The molecule has 0 radical (unpaired) electrons. The van der Waals surface area contributed by atoms with Crippen molar-refractivity contribution in [1.82, 2.24) is 8.75 Å². The minimum atomic E-state index is -1.01. The minimum Gasteiger partial charge on any atom is -0.478 e. The van der Waals surface area contributed by atoms with E-state index in [0.717, 1.165) is 47.9 Å². The zero-order valence-corrected chi connectivity index (χ0v) is 31.2. The van der Waals surface area contributed by atoms with Crippen LogP contribution in [0.15, 0.2) is 115 Å². The molecule has 6 nitrogen and oxygen atoms in total. The lowest BCUT2D eigenvalue weighted by atomic mass is 10.0. The van der Waals surface area contributed by atoms with Gasteiger partial charge < -0.3 is 14.6 Å². The maximum Gasteiger partial charge on any atom is 0.335 e. The molecule has 0 amide bonds. The van der Waals surface area contributed by atoms with Crippen LogP contribution in [-0.2, 0) is 0 Å². The Morgan fingerprint density at radius 3 is 1.33 bits per heavy atom. The van der Waals surface area contributed by atoms with Crippen LogP contribution >= 0.6 is 34.4 Å². The van der Waals surface area contributed by atoms with Crippen LogP contribution in [0, 0.1) is 27.7 Å². The Bertz CT molecular complexity index is 2560. The van der Waals surface area contributed by atoms with Gasteiger partial charge in [0, 0.05) is 19.5 Å². The molecule has 8 aromatic rings. The smallest absolute Gasteiger partial charge is 0.335 e. The summed E-state index contributed by atoms with van der Waals surface area (Å²) in [6, 6.07) is 37.3. The van der Waals surface area contributed by atoms with Gasteiger partial charge in [-0.3, -0.25) is 0 Å². The first-order valence-corrected chi connectivity index (χ1v) is 19.0. The van der Waals surface area contributed by atoms with Crippen LogP contribution in [0.2, 0.25) is 0 Å². The molecule has 0 atom stereocenters. The van der Waals surface area contributed by atoms with Gasteiger partial charge in [0.05, 0.1) is 28.4 Å². The Labute approximate surface area is 313 Å². The Morgan fingerprint density at radius 2 is 0.904 bits per heavy atom. The third-order valence-electron chi connectivity index (χ3n) is 9.07. The maximum atomic E-state index is 11.7. The lowest BCUT2D eigenvalue weighted by molar-refractivity contribution is 0.0697. The van der Waals surface area contributed by atoms with Crippen molar-refractivity contribution in [1.29, 1.82) is 0 Å². The molecule has 3 heterocycles. The van der Waals surface area contributed by atoms with E-state index in [2.05, 4.69) is 88.4 Å². The molecular formula is C43H32N2O4S3. The average Bonchev–Trinajstić information content (AvgIpc) is 3.92. The third-order valence-corrected chi connectivity index (χ3v) is 11.8. The minimum absolute atomic E-state index is 0.169. The van der Waals surface area contributed by atoms with Crippen molar-refractivity contribution in [2.24, 2.45) is 0 Å². The molecule has 256 valence electrons. The highest BCUT2D eigenvalue weighted by Crippen LogP contribution is 2.56. The number of aromatic carboxylic acids is 1. The van der Waals surface area contributed by atoms with Crippen molar-refractivity contribution in [3.05, 3.63) is 143 Å². The highest BCUT2D eigenvalue weighted by molar-refractivity contribution is 7.19. The summed E-state index contributed by atoms with van der Waals surface area (Å²) in [5.74, 6) is 1.07. The lowest BCUT2D eigenvalue weighted by Gasteiger charge is -2.20. The Morgan fingerprint density at radius 1 is 0.500 bits per heavy atom. The van der Waals surface area contributed by atoms with E-state index in [1.807, 2.05) is 30.3 Å². The topological polar surface area (TPSA) is 81.5 Å². The average molecular weight is 737 g/mol. The van der Waals surface area contributed by atoms with Crippen molar-refractivity contribution in [2.75, 3.05) is 0 Å². The number of rotatable bonds is 9. The summed E-state index contributed by atoms with van der Waals surface area (Å²) in [6.07, 6.45) is 0. The van der Waals surface area contributed by atoms with Gasteiger partial charge in [0.2, 0.25) is 0 Å². The monoisotopic (exact) mass is 736 g/mol. The van der Waals surface area contributed by atoms with E-state index in [4.69, 9.17) is 18.2 Å². The molecule has 0 aliphatic heterocycles. The first-order valence-electron chi connectivity index (χ1n) is 16.7. The predicted molar refractivity (Wildman–Crippen MR) is 214 cm³/mol. The van der Waals surface area contributed by atoms with Crippen molar-refractivity contribution >= 4 is 51.4 Å². The van der Waals surface area contributed by atoms with Crippen molar-refractivity contribution in [3.63, 3.8) is 0 Å². The summed E-state index contributed by atoms with van der Waals surface area (Å²) in [4.78, 5) is 15.9. The van der Waals surface area contributed by atoms with Crippen LogP contribution in [0.1, 0.15) is 32.6 Å². The van der Waals surface area contributed by atoms with Gasteiger partial charge in [-0.25, -0.2) is 4.79 Å². The van der Waals surface area contributed by atoms with E-state index in [-0.39, 0.29) is 5.56 Å². The fourth-order valence-electron chi connectivity index (χ4n) is 6.62. The predicted octanol–water partition coefficient (Wildman–Crippen LogP) is 13.0. The molecule has 0 spiro atoms. The van der Waals surface area contributed by atoms with Gasteiger partial charge in [0.25, 0.3) is 0 Å². The number of carboxylic acid groups (broad SMARTS) is 1. The number of aryl methyl sites for hydroxylation is 4. The molecule has 1 N–H and O–H groups in total. The number of ether oxygens (including phenoxy) is 2. The van der Waals surface area contributed by atoms with Crippen molar-refractivity contribution in [2.45, 2.75) is 27.7 Å². The SMILES string of the molecule is Cc1cccc(C)c1-c1ccc(-c2c(Oc3ccccc3)c(Oc3ccc(C(=O)O)cc3)c(-c3ccc(-c4c(C)cccc4C)s3)c3nsnc23)s1. The van der Waals surface area contributed by atoms with Crippen LogP contribution < -0.4 is 9.47 Å². The summed E-state index contributed by atoms with van der Waals surface area (Å²) >= 11 is 4.49. The van der Waals surface area contributed by atoms with E-state index in [0.29, 0.717) is 28.5 Å². The van der Waals surface area contributed by atoms with Gasteiger partial charge in [-0.2, -0.15) is 8.75 Å². The number of nitrogens with zero attached hydrogens (tertiary/aromatic N) is 2. The molecule has 5 aromatic carbocycles. The fraction of sp³-hybridized carbons (Fsp3) is 0.0930. The fourth-order valence-corrected chi connectivity index (χ4v) is 9.63. The van der Waals surface area contributed by atoms with Gasteiger partial charge >= 0.3 is 5.97 Å². The van der Waals surface area contributed by atoms with E-state index >= 15 is 0 Å². The van der Waals surface area contributed by atoms with E-state index in [1.165, 1.54) is 33.4 Å². The van der Waals surface area contributed by atoms with E-state index in [1.54, 1.807) is 46.9 Å². The number of thiophene rings is 2. The number of fused-ring (bicyclic) bond motifs is 1. The summed E-state index contributed by atoms with van der Waals surface area (Å²) in [7, 11) is 0. The molecular weight excluding hydrogens is 705 g/mol. The molecule has 0 saturated heterocycles. The van der Waals surface area contributed by atoms with Crippen molar-refractivity contribution < 1.29 is 19.4 Å². The number of aromatic nitrogens is 2. The molecule has 0 aliphatic rings. The summed E-state index contributed by atoms with van der Waals surface area (Å²) < 4.78 is 23.6. The Balaban J connectivity index is 1.41. The van der Waals surface area contributed by atoms with E-state index in [9.17, 15) is 9.90 Å². The Kier molecular flexibility index (Phi) is 8.92. The summed E-state index contributed by atoms with van der Waals surface area (Å²) in [6.45, 7) is 8.54. The largest absolute Gasteiger partial charge is 0.478 e.